The van der Waals surface area contributed by atoms with Crippen molar-refractivity contribution in [3.63, 3.8) is 0 Å². The molecule has 0 saturated heterocycles. The minimum atomic E-state index is -1.77. The lowest BCUT2D eigenvalue weighted by Gasteiger charge is -2.24. The Hall–Kier alpha value is -3.76. The third kappa shape index (κ3) is 6.52. The fraction of sp³-hybridized carbons (Fsp3) is 0.115. The van der Waals surface area contributed by atoms with Gasteiger partial charge in [0.25, 0.3) is 0 Å². The van der Waals surface area contributed by atoms with Crippen LogP contribution in [0.15, 0.2) is 77.3 Å². The van der Waals surface area contributed by atoms with E-state index >= 15 is 0 Å². The Morgan fingerprint density at radius 3 is 2.46 bits per heavy atom. The number of aromatic nitrogens is 1. The van der Waals surface area contributed by atoms with Crippen LogP contribution in [0.1, 0.15) is 16.1 Å². The predicted octanol–water partition coefficient (Wildman–Crippen LogP) is 5.05. The van der Waals surface area contributed by atoms with Crippen LogP contribution < -0.4 is 5.43 Å². The van der Waals surface area contributed by atoms with Gasteiger partial charge in [0.15, 0.2) is 6.10 Å². The Morgan fingerprint density at radius 2 is 1.76 bits per heavy atom. The molecule has 0 radical (unpaired) electrons. The van der Waals surface area contributed by atoms with Crippen molar-refractivity contribution < 1.29 is 28.7 Å². The van der Waals surface area contributed by atoms with Crippen LogP contribution in [0.2, 0.25) is 10.0 Å². The summed E-state index contributed by atoms with van der Waals surface area (Å²) in [5.74, 6) is -2.73. The van der Waals surface area contributed by atoms with E-state index in [-0.39, 0.29) is 12.3 Å². The highest BCUT2D eigenvalue weighted by atomic mass is 35.5. The van der Waals surface area contributed by atoms with E-state index in [0.717, 1.165) is 0 Å². The first kappa shape index (κ1) is 26.3. The second-order valence-electron chi connectivity index (χ2n) is 8.05. The molecule has 4 aromatic rings. The molecule has 0 fully saturated rings. The van der Waals surface area contributed by atoms with Crippen molar-refractivity contribution in [1.29, 1.82) is 0 Å². The van der Waals surface area contributed by atoms with Crippen LogP contribution in [0.25, 0.3) is 22.4 Å². The zero-order valence-corrected chi connectivity index (χ0v) is 20.6. The summed E-state index contributed by atoms with van der Waals surface area (Å²) in [4.78, 5) is 24.1. The fourth-order valence-corrected chi connectivity index (χ4v) is 3.95. The Labute approximate surface area is 220 Å². The van der Waals surface area contributed by atoms with E-state index in [9.17, 15) is 19.1 Å². The van der Waals surface area contributed by atoms with Crippen molar-refractivity contribution in [2.24, 2.45) is 0 Å². The molecule has 0 spiro atoms. The monoisotopic (exact) mass is 543 g/mol. The second kappa shape index (κ2) is 11.5. The van der Waals surface area contributed by atoms with Crippen LogP contribution in [-0.2, 0) is 11.3 Å². The van der Waals surface area contributed by atoms with E-state index in [1.807, 2.05) is 0 Å². The minimum absolute atomic E-state index is 0.0277. The van der Waals surface area contributed by atoms with Gasteiger partial charge in [0.1, 0.15) is 11.5 Å². The van der Waals surface area contributed by atoms with Gasteiger partial charge in [-0.15, -0.1) is 0 Å². The maximum absolute atomic E-state index is 14.2. The van der Waals surface area contributed by atoms with Crippen molar-refractivity contribution in [2.45, 2.75) is 12.6 Å². The molecule has 0 aliphatic carbocycles. The standard InChI is InChI=1S/C26H20Cl2FN3O5/c27-17-9-10-21(29)19(11-17)16-7-5-15(6-8-16)13-32(14-23(33)26(35)36)30-25(34)24-12-22(31-37-24)18-3-1-2-4-20(18)28/h1-12,23,33H,13-14H2,(H,30,34)(H,35,36). The summed E-state index contributed by atoms with van der Waals surface area (Å²) in [7, 11) is 0. The van der Waals surface area contributed by atoms with E-state index in [2.05, 4.69) is 10.6 Å². The molecule has 1 heterocycles. The summed E-state index contributed by atoms with van der Waals surface area (Å²) in [5.41, 5.74) is 5.01. The number of carboxylic acids is 1. The number of halogens is 3. The largest absolute Gasteiger partial charge is 0.479 e. The smallest absolute Gasteiger partial charge is 0.333 e. The molecule has 0 aliphatic rings. The number of aliphatic hydroxyl groups is 1. The number of rotatable bonds is 9. The van der Waals surface area contributed by atoms with Crippen molar-refractivity contribution in [1.82, 2.24) is 15.6 Å². The fourth-order valence-electron chi connectivity index (χ4n) is 3.54. The van der Waals surface area contributed by atoms with Crippen molar-refractivity contribution in [3.8, 4) is 22.4 Å². The lowest BCUT2D eigenvalue weighted by molar-refractivity contribution is -0.148. The van der Waals surface area contributed by atoms with Crippen LogP contribution in [0.3, 0.4) is 0 Å². The number of nitrogens with one attached hydrogen (secondary N) is 1. The number of carboxylic acid groups (broad SMARTS) is 1. The highest BCUT2D eigenvalue weighted by Gasteiger charge is 2.23. The van der Waals surface area contributed by atoms with Gasteiger partial charge in [-0.1, -0.05) is 70.8 Å². The number of amides is 1. The number of aliphatic carboxylic acids is 1. The molecule has 4 rings (SSSR count). The molecule has 190 valence electrons. The zero-order chi connectivity index (χ0) is 26.5. The van der Waals surface area contributed by atoms with Crippen molar-refractivity contribution in [2.75, 3.05) is 6.54 Å². The van der Waals surface area contributed by atoms with Gasteiger partial charge in [0, 0.05) is 28.8 Å². The zero-order valence-electron chi connectivity index (χ0n) is 19.1. The normalized spacial score (nSPS) is 11.9. The van der Waals surface area contributed by atoms with Gasteiger partial charge in [-0.05, 0) is 35.4 Å². The molecule has 37 heavy (non-hydrogen) atoms. The molecule has 3 N–H and O–H groups in total. The van der Waals surface area contributed by atoms with E-state index in [0.29, 0.717) is 38.0 Å². The lowest BCUT2D eigenvalue weighted by atomic mass is 10.0. The summed E-state index contributed by atoms with van der Waals surface area (Å²) in [6.45, 7) is -0.392. The maximum Gasteiger partial charge on any atom is 0.333 e. The highest BCUT2D eigenvalue weighted by Crippen LogP contribution is 2.28. The van der Waals surface area contributed by atoms with Gasteiger partial charge in [-0.2, -0.15) is 0 Å². The van der Waals surface area contributed by atoms with E-state index in [1.54, 1.807) is 48.5 Å². The van der Waals surface area contributed by atoms with Gasteiger partial charge >= 0.3 is 11.9 Å². The molecular formula is C26H20Cl2FN3O5. The molecule has 8 nitrogen and oxygen atoms in total. The third-order valence-corrected chi connectivity index (χ3v) is 5.95. The van der Waals surface area contributed by atoms with Crippen molar-refractivity contribution in [3.05, 3.63) is 100.0 Å². The summed E-state index contributed by atoms with van der Waals surface area (Å²) >= 11 is 12.2. The first-order chi connectivity index (χ1) is 17.7. The first-order valence-corrected chi connectivity index (χ1v) is 11.7. The number of aliphatic hydroxyl groups excluding tert-OH is 1. The third-order valence-electron chi connectivity index (χ3n) is 5.39. The summed E-state index contributed by atoms with van der Waals surface area (Å²) in [6, 6.07) is 19.3. The van der Waals surface area contributed by atoms with E-state index in [1.165, 1.54) is 29.3 Å². The van der Waals surface area contributed by atoms with Crippen LogP contribution in [0.4, 0.5) is 4.39 Å². The maximum atomic E-state index is 14.2. The van der Waals surface area contributed by atoms with Crippen LogP contribution >= 0.6 is 23.2 Å². The molecular weight excluding hydrogens is 524 g/mol. The number of hydrogen-bond acceptors (Lipinski definition) is 6. The number of benzene rings is 3. The van der Waals surface area contributed by atoms with E-state index < -0.39 is 30.3 Å². The number of nitrogens with zero attached hydrogens (tertiary/aromatic N) is 2. The Kier molecular flexibility index (Phi) is 8.20. The molecule has 1 amide bonds. The van der Waals surface area contributed by atoms with Crippen LogP contribution in [-0.4, -0.2) is 44.9 Å². The van der Waals surface area contributed by atoms with Gasteiger partial charge in [0.2, 0.25) is 5.76 Å². The molecule has 1 atom stereocenters. The summed E-state index contributed by atoms with van der Waals surface area (Å²) in [6.07, 6.45) is -1.77. The van der Waals surface area contributed by atoms with Gasteiger partial charge in [-0.3, -0.25) is 10.2 Å². The molecule has 11 heteroatoms. The molecule has 0 saturated carbocycles. The molecule has 0 bridgehead atoms. The Morgan fingerprint density at radius 1 is 1.03 bits per heavy atom. The number of carbonyl (C=O) groups is 2. The number of hydrazine groups is 1. The predicted molar refractivity (Wildman–Crippen MR) is 135 cm³/mol. The second-order valence-corrected chi connectivity index (χ2v) is 8.90. The lowest BCUT2D eigenvalue weighted by Crippen LogP contribution is -2.47. The minimum Gasteiger partial charge on any atom is -0.479 e. The molecule has 1 unspecified atom stereocenters. The number of hydrogen-bond donors (Lipinski definition) is 3. The summed E-state index contributed by atoms with van der Waals surface area (Å²) in [5, 5.41) is 25.0. The van der Waals surface area contributed by atoms with Gasteiger partial charge in [-0.25, -0.2) is 14.2 Å². The molecule has 0 aliphatic heterocycles. The first-order valence-electron chi connectivity index (χ1n) is 10.9. The topological polar surface area (TPSA) is 116 Å². The molecule has 1 aromatic heterocycles. The number of carbonyl (C=O) groups excluding carboxylic acids is 1. The van der Waals surface area contributed by atoms with Gasteiger partial charge < -0.3 is 14.7 Å². The average molecular weight is 544 g/mol. The Bertz CT molecular complexity index is 1430. The van der Waals surface area contributed by atoms with Crippen molar-refractivity contribution >= 4 is 35.1 Å². The quantitative estimate of drug-likeness (QED) is 0.253. The Balaban J connectivity index is 1.51. The van der Waals surface area contributed by atoms with E-state index in [4.69, 9.17) is 32.8 Å². The average Bonchev–Trinajstić information content (AvgIpc) is 3.36. The van der Waals surface area contributed by atoms with Crippen LogP contribution in [0, 0.1) is 5.82 Å². The van der Waals surface area contributed by atoms with Crippen LogP contribution in [0.5, 0.6) is 0 Å². The molecule has 3 aromatic carbocycles. The van der Waals surface area contributed by atoms with Gasteiger partial charge in [0.05, 0.1) is 11.6 Å². The summed E-state index contributed by atoms with van der Waals surface area (Å²) < 4.78 is 19.4. The SMILES string of the molecule is O=C(NN(Cc1ccc(-c2cc(Cl)ccc2F)cc1)CC(O)C(=O)O)c1cc(-c2ccccc2Cl)no1. The highest BCUT2D eigenvalue weighted by molar-refractivity contribution is 6.33.